The quantitative estimate of drug-likeness (QED) is 0.369. The van der Waals surface area contributed by atoms with Crippen LogP contribution in [0.1, 0.15) is 26.3 Å². The van der Waals surface area contributed by atoms with Gasteiger partial charge in [-0.15, -0.1) is 0 Å². The fourth-order valence-electron chi connectivity index (χ4n) is 4.27. The third kappa shape index (κ3) is 7.28. The molecule has 0 spiro atoms. The highest BCUT2D eigenvalue weighted by Gasteiger charge is 2.33. The number of sulfonamides is 1. The molecule has 41 heavy (non-hydrogen) atoms. The number of amides is 2. The lowest BCUT2D eigenvalue weighted by atomic mass is 10.1. The third-order valence-corrected chi connectivity index (χ3v) is 8.34. The van der Waals surface area contributed by atoms with Gasteiger partial charge in [-0.25, -0.2) is 12.8 Å². The standard InChI is InChI=1S/C29H31ClFN3O6S/c1-19(2)32-29(36)20(3)33(17-21-5-4-6-22(30)15-21)28(35)18-34(24-9-7-23(31)8-10-24)41(37,38)25-11-12-26-27(16-25)40-14-13-39-26/h4-12,15-16,19-20H,13-14,17-18H2,1-3H3,(H,32,36)/t20-/m0/s1. The molecule has 0 saturated heterocycles. The van der Waals surface area contributed by atoms with Crippen LogP contribution in [0, 0.1) is 5.82 Å². The van der Waals surface area contributed by atoms with Gasteiger partial charge < -0.3 is 19.7 Å². The number of anilines is 1. The summed E-state index contributed by atoms with van der Waals surface area (Å²) in [4.78, 5) is 28.0. The molecule has 1 heterocycles. The average molecular weight is 604 g/mol. The molecule has 2 amide bonds. The maximum absolute atomic E-state index is 14.0. The second-order valence-electron chi connectivity index (χ2n) is 9.78. The molecular weight excluding hydrogens is 573 g/mol. The van der Waals surface area contributed by atoms with Crippen LogP contribution in [0.2, 0.25) is 5.02 Å². The molecule has 0 bridgehead atoms. The Hall–Kier alpha value is -3.83. The molecule has 0 unspecified atom stereocenters. The minimum Gasteiger partial charge on any atom is -0.486 e. The maximum Gasteiger partial charge on any atom is 0.264 e. The Morgan fingerprint density at radius 3 is 2.32 bits per heavy atom. The van der Waals surface area contributed by atoms with Gasteiger partial charge >= 0.3 is 0 Å². The van der Waals surface area contributed by atoms with Crippen molar-refractivity contribution >= 4 is 39.1 Å². The van der Waals surface area contributed by atoms with E-state index in [1.807, 2.05) is 0 Å². The van der Waals surface area contributed by atoms with E-state index in [0.717, 1.165) is 16.4 Å². The Morgan fingerprint density at radius 2 is 1.66 bits per heavy atom. The molecule has 0 aromatic heterocycles. The lowest BCUT2D eigenvalue weighted by Gasteiger charge is -2.32. The smallest absolute Gasteiger partial charge is 0.264 e. The molecule has 3 aromatic carbocycles. The van der Waals surface area contributed by atoms with E-state index in [2.05, 4.69) is 5.32 Å². The van der Waals surface area contributed by atoms with E-state index in [9.17, 15) is 22.4 Å². The number of nitrogens with one attached hydrogen (secondary N) is 1. The summed E-state index contributed by atoms with van der Waals surface area (Å²) in [6.07, 6.45) is 0. The summed E-state index contributed by atoms with van der Waals surface area (Å²) < 4.78 is 53.7. The number of carbonyl (C=O) groups is 2. The van der Waals surface area contributed by atoms with E-state index >= 15 is 0 Å². The molecule has 12 heteroatoms. The van der Waals surface area contributed by atoms with Crippen LogP contribution in [-0.2, 0) is 26.2 Å². The molecular formula is C29H31ClFN3O6S. The molecule has 1 atom stereocenters. The molecule has 3 aromatic rings. The van der Waals surface area contributed by atoms with Gasteiger partial charge in [-0.05, 0) is 74.9 Å². The minimum absolute atomic E-state index is 0.00654. The first kappa shape index (κ1) is 30.1. The Balaban J connectivity index is 1.72. The topological polar surface area (TPSA) is 105 Å². The minimum atomic E-state index is -4.37. The fourth-order valence-corrected chi connectivity index (χ4v) is 5.91. The molecule has 1 aliphatic heterocycles. The summed E-state index contributed by atoms with van der Waals surface area (Å²) in [5, 5.41) is 3.24. The number of ether oxygens (including phenoxy) is 2. The van der Waals surface area contributed by atoms with E-state index in [-0.39, 0.29) is 35.5 Å². The zero-order valence-corrected chi connectivity index (χ0v) is 24.4. The first-order valence-electron chi connectivity index (χ1n) is 13.0. The highest BCUT2D eigenvalue weighted by Crippen LogP contribution is 2.34. The van der Waals surface area contributed by atoms with Crippen molar-refractivity contribution < 1.29 is 31.9 Å². The molecule has 218 valence electrons. The van der Waals surface area contributed by atoms with Gasteiger partial charge in [-0.1, -0.05) is 23.7 Å². The summed E-state index contributed by atoms with van der Waals surface area (Å²) in [6, 6.07) is 14.6. The molecule has 0 fully saturated rings. The zero-order valence-electron chi connectivity index (χ0n) is 22.8. The van der Waals surface area contributed by atoms with Crippen molar-refractivity contribution in [2.24, 2.45) is 0 Å². The second kappa shape index (κ2) is 12.8. The number of hydrogen-bond acceptors (Lipinski definition) is 6. The largest absolute Gasteiger partial charge is 0.486 e. The Bertz CT molecular complexity index is 1520. The second-order valence-corrected chi connectivity index (χ2v) is 12.1. The summed E-state index contributed by atoms with van der Waals surface area (Å²) in [7, 11) is -4.37. The monoisotopic (exact) mass is 603 g/mol. The van der Waals surface area contributed by atoms with E-state index in [4.69, 9.17) is 21.1 Å². The predicted octanol–water partition coefficient (Wildman–Crippen LogP) is 4.39. The van der Waals surface area contributed by atoms with Gasteiger partial charge in [-0.3, -0.25) is 13.9 Å². The van der Waals surface area contributed by atoms with Crippen molar-refractivity contribution in [2.75, 3.05) is 24.1 Å². The van der Waals surface area contributed by atoms with Crippen molar-refractivity contribution in [3.63, 3.8) is 0 Å². The van der Waals surface area contributed by atoms with Crippen LogP contribution in [0.4, 0.5) is 10.1 Å². The normalized spacial score (nSPS) is 13.4. The number of carbonyl (C=O) groups excluding carboxylic acids is 2. The number of benzene rings is 3. The zero-order chi connectivity index (χ0) is 29.7. The van der Waals surface area contributed by atoms with Crippen LogP contribution in [0.5, 0.6) is 11.5 Å². The van der Waals surface area contributed by atoms with E-state index < -0.39 is 40.2 Å². The van der Waals surface area contributed by atoms with Crippen LogP contribution in [0.3, 0.4) is 0 Å². The summed E-state index contributed by atoms with van der Waals surface area (Å²) >= 11 is 6.15. The van der Waals surface area contributed by atoms with Crippen molar-refractivity contribution in [3.05, 3.63) is 83.1 Å². The summed E-state index contributed by atoms with van der Waals surface area (Å²) in [5.74, 6) is -0.972. The number of halogens is 2. The molecule has 1 aliphatic rings. The SMILES string of the molecule is CC(C)NC(=O)[C@H](C)N(Cc1cccc(Cl)c1)C(=O)CN(c1ccc(F)cc1)S(=O)(=O)c1ccc2c(c1)OCCO2. The Kier molecular flexibility index (Phi) is 9.39. The first-order chi connectivity index (χ1) is 19.5. The fraction of sp³-hybridized carbons (Fsp3) is 0.310. The maximum atomic E-state index is 14.0. The summed E-state index contributed by atoms with van der Waals surface area (Å²) in [5.41, 5.74) is 0.717. The van der Waals surface area contributed by atoms with E-state index in [0.29, 0.717) is 22.9 Å². The van der Waals surface area contributed by atoms with Gasteiger partial charge in [0.25, 0.3) is 10.0 Å². The highest BCUT2D eigenvalue weighted by atomic mass is 35.5. The van der Waals surface area contributed by atoms with Gasteiger partial charge in [0, 0.05) is 23.7 Å². The predicted molar refractivity (Wildman–Crippen MR) is 153 cm³/mol. The van der Waals surface area contributed by atoms with Crippen molar-refractivity contribution in [3.8, 4) is 11.5 Å². The van der Waals surface area contributed by atoms with Crippen LogP contribution in [0.25, 0.3) is 0 Å². The van der Waals surface area contributed by atoms with Gasteiger partial charge in [0.2, 0.25) is 11.8 Å². The average Bonchev–Trinajstić information content (AvgIpc) is 2.94. The van der Waals surface area contributed by atoms with Crippen LogP contribution >= 0.6 is 11.6 Å². The molecule has 0 saturated carbocycles. The van der Waals surface area contributed by atoms with Gasteiger partial charge in [0.05, 0.1) is 10.6 Å². The highest BCUT2D eigenvalue weighted by molar-refractivity contribution is 7.92. The number of nitrogens with zero attached hydrogens (tertiary/aromatic N) is 2. The third-order valence-electron chi connectivity index (χ3n) is 6.34. The molecule has 0 aliphatic carbocycles. The summed E-state index contributed by atoms with van der Waals surface area (Å²) in [6.45, 7) is 5.08. The molecule has 1 N–H and O–H groups in total. The molecule has 9 nitrogen and oxygen atoms in total. The Morgan fingerprint density at radius 1 is 0.976 bits per heavy atom. The molecule has 4 rings (SSSR count). The van der Waals surface area contributed by atoms with Crippen LogP contribution in [-0.4, -0.2) is 57.0 Å². The van der Waals surface area contributed by atoms with Gasteiger partial charge in [0.1, 0.15) is 31.6 Å². The van der Waals surface area contributed by atoms with Crippen molar-refractivity contribution in [2.45, 2.75) is 44.3 Å². The van der Waals surface area contributed by atoms with E-state index in [1.165, 1.54) is 35.2 Å². The van der Waals surface area contributed by atoms with Crippen LogP contribution < -0.4 is 19.1 Å². The van der Waals surface area contributed by atoms with Crippen molar-refractivity contribution in [1.29, 1.82) is 0 Å². The lowest BCUT2D eigenvalue weighted by Crippen LogP contribution is -2.52. The van der Waals surface area contributed by atoms with E-state index in [1.54, 1.807) is 45.0 Å². The number of rotatable bonds is 10. The number of hydrogen-bond donors (Lipinski definition) is 1. The lowest BCUT2D eigenvalue weighted by molar-refractivity contribution is -0.139. The Labute approximate surface area is 243 Å². The number of fused-ring (bicyclic) bond motifs is 1. The van der Waals surface area contributed by atoms with Crippen LogP contribution in [0.15, 0.2) is 71.6 Å². The molecule has 0 radical (unpaired) electrons. The van der Waals surface area contributed by atoms with Gasteiger partial charge in [-0.2, -0.15) is 0 Å². The first-order valence-corrected chi connectivity index (χ1v) is 14.8. The van der Waals surface area contributed by atoms with Crippen molar-refractivity contribution in [1.82, 2.24) is 10.2 Å². The van der Waals surface area contributed by atoms with Gasteiger partial charge in [0.15, 0.2) is 11.5 Å².